The maximum atomic E-state index is 14.4. The van der Waals surface area contributed by atoms with Gasteiger partial charge in [0, 0.05) is 29.4 Å². The number of fused-ring (bicyclic) bond motifs is 1. The molecule has 0 fully saturated rings. The minimum Gasteiger partial charge on any atom is -0.382 e. The van der Waals surface area contributed by atoms with Gasteiger partial charge in [-0.3, -0.25) is 4.98 Å². The summed E-state index contributed by atoms with van der Waals surface area (Å²) in [7, 11) is 1.92. The van der Waals surface area contributed by atoms with Gasteiger partial charge in [-0.15, -0.1) is 0 Å². The number of rotatable bonds is 2. The lowest BCUT2D eigenvalue weighted by Gasteiger charge is -2.24. The largest absolute Gasteiger partial charge is 0.382 e. The zero-order valence-corrected chi connectivity index (χ0v) is 14.7. The summed E-state index contributed by atoms with van der Waals surface area (Å²) in [6.45, 7) is 0.492. The number of pyridine rings is 2. The highest BCUT2D eigenvalue weighted by Gasteiger charge is 2.20. The van der Waals surface area contributed by atoms with Crippen molar-refractivity contribution in [2.45, 2.75) is 0 Å². The molecular formula is C19H15ClFN5. The first-order valence-electron chi connectivity index (χ1n) is 7.98. The van der Waals surface area contributed by atoms with E-state index >= 15 is 0 Å². The minimum atomic E-state index is -0.395. The molecule has 2 aromatic heterocycles. The van der Waals surface area contributed by atoms with Crippen LogP contribution in [0, 0.1) is 5.82 Å². The van der Waals surface area contributed by atoms with Crippen LogP contribution in [0.3, 0.4) is 0 Å². The minimum absolute atomic E-state index is 0.325. The fourth-order valence-electron chi connectivity index (χ4n) is 2.94. The van der Waals surface area contributed by atoms with Gasteiger partial charge in [0.2, 0.25) is 0 Å². The zero-order chi connectivity index (χ0) is 18.3. The second kappa shape index (κ2) is 6.38. The predicted molar refractivity (Wildman–Crippen MR) is 102 cm³/mol. The standard InChI is InChI=1S/C19H15ClFN5/c1-26-10-24-19(22)18-16(26)7-6-15(25-18)12-3-2-8-23-17(12)13-9-11(20)4-5-14(13)21/h2-9H,10H2,1H3,(H2,22,24). The van der Waals surface area contributed by atoms with Crippen molar-refractivity contribution in [3.63, 3.8) is 0 Å². The Hall–Kier alpha value is -2.99. The Labute approximate surface area is 155 Å². The van der Waals surface area contributed by atoms with Crippen LogP contribution in [0.15, 0.2) is 53.7 Å². The smallest absolute Gasteiger partial charge is 0.148 e. The van der Waals surface area contributed by atoms with E-state index in [9.17, 15) is 4.39 Å². The van der Waals surface area contributed by atoms with E-state index in [1.165, 1.54) is 12.1 Å². The number of aliphatic imine (C=N–C) groups is 1. The number of nitrogens with two attached hydrogens (primary N) is 1. The molecule has 0 spiro atoms. The summed E-state index contributed by atoms with van der Waals surface area (Å²) < 4.78 is 14.4. The molecule has 0 saturated heterocycles. The first kappa shape index (κ1) is 16.5. The molecule has 4 rings (SSSR count). The summed E-state index contributed by atoms with van der Waals surface area (Å²) in [5, 5.41) is 0.439. The first-order chi connectivity index (χ1) is 12.5. The molecule has 2 N–H and O–H groups in total. The Balaban J connectivity index is 1.90. The topological polar surface area (TPSA) is 67.4 Å². The maximum absolute atomic E-state index is 14.4. The van der Waals surface area contributed by atoms with Crippen LogP contribution in [-0.4, -0.2) is 29.5 Å². The van der Waals surface area contributed by atoms with Crippen molar-refractivity contribution in [3.05, 3.63) is 65.2 Å². The van der Waals surface area contributed by atoms with Crippen LogP contribution in [-0.2, 0) is 0 Å². The molecule has 3 heterocycles. The molecule has 0 amide bonds. The Bertz CT molecular complexity index is 1030. The molecular weight excluding hydrogens is 353 g/mol. The number of halogens is 2. The number of aromatic nitrogens is 2. The molecule has 0 bridgehead atoms. The number of anilines is 1. The maximum Gasteiger partial charge on any atom is 0.148 e. The number of nitrogens with zero attached hydrogens (tertiary/aromatic N) is 4. The fourth-order valence-corrected chi connectivity index (χ4v) is 3.11. The third kappa shape index (κ3) is 2.78. The molecule has 130 valence electrons. The van der Waals surface area contributed by atoms with Gasteiger partial charge >= 0.3 is 0 Å². The van der Waals surface area contributed by atoms with Gasteiger partial charge in [0.1, 0.15) is 24.0 Å². The van der Waals surface area contributed by atoms with E-state index in [1.807, 2.05) is 30.1 Å². The van der Waals surface area contributed by atoms with Crippen LogP contribution in [0.25, 0.3) is 22.5 Å². The molecule has 3 aromatic rings. The Morgan fingerprint density at radius 2 is 1.96 bits per heavy atom. The van der Waals surface area contributed by atoms with Gasteiger partial charge in [0.25, 0.3) is 0 Å². The average Bonchev–Trinajstić information content (AvgIpc) is 2.66. The number of amidine groups is 1. The average molecular weight is 368 g/mol. The fraction of sp³-hybridized carbons (Fsp3) is 0.105. The lowest BCUT2D eigenvalue weighted by Crippen LogP contribution is -2.30. The normalized spacial score (nSPS) is 13.3. The number of hydrogen-bond donors (Lipinski definition) is 1. The summed E-state index contributed by atoms with van der Waals surface area (Å²) in [4.78, 5) is 15.2. The second-order valence-corrected chi connectivity index (χ2v) is 6.41. The van der Waals surface area contributed by atoms with Crippen molar-refractivity contribution in [3.8, 4) is 22.5 Å². The van der Waals surface area contributed by atoms with Gasteiger partial charge in [-0.05, 0) is 42.5 Å². The molecule has 0 unspecified atom stereocenters. The van der Waals surface area contributed by atoms with Crippen LogP contribution in [0.1, 0.15) is 5.69 Å². The first-order valence-corrected chi connectivity index (χ1v) is 8.35. The van der Waals surface area contributed by atoms with Crippen molar-refractivity contribution in [1.82, 2.24) is 9.97 Å². The van der Waals surface area contributed by atoms with Crippen molar-refractivity contribution >= 4 is 23.1 Å². The molecule has 26 heavy (non-hydrogen) atoms. The Morgan fingerprint density at radius 3 is 2.81 bits per heavy atom. The lowest BCUT2D eigenvalue weighted by atomic mass is 10.0. The number of hydrogen-bond acceptors (Lipinski definition) is 5. The summed E-state index contributed by atoms with van der Waals surface area (Å²) in [6, 6.07) is 11.8. The molecule has 0 aliphatic carbocycles. The summed E-state index contributed by atoms with van der Waals surface area (Å²) in [5.74, 6) is -0.00699. The monoisotopic (exact) mass is 367 g/mol. The third-order valence-electron chi connectivity index (χ3n) is 4.25. The summed E-state index contributed by atoms with van der Waals surface area (Å²) in [5.41, 5.74) is 9.66. The van der Waals surface area contributed by atoms with E-state index in [2.05, 4.69) is 15.0 Å². The molecule has 0 radical (unpaired) electrons. The van der Waals surface area contributed by atoms with E-state index < -0.39 is 5.82 Å². The summed E-state index contributed by atoms with van der Waals surface area (Å²) in [6.07, 6.45) is 1.61. The van der Waals surface area contributed by atoms with Crippen molar-refractivity contribution in [2.75, 3.05) is 18.6 Å². The highest BCUT2D eigenvalue weighted by molar-refractivity contribution is 6.30. The van der Waals surface area contributed by atoms with Gasteiger partial charge < -0.3 is 10.6 Å². The molecule has 1 aromatic carbocycles. The van der Waals surface area contributed by atoms with Gasteiger partial charge in [0.15, 0.2) is 0 Å². The predicted octanol–water partition coefficient (Wildman–Crippen LogP) is 3.72. The van der Waals surface area contributed by atoms with E-state index in [-0.39, 0.29) is 0 Å². The molecule has 0 atom stereocenters. The van der Waals surface area contributed by atoms with Crippen LogP contribution in [0.5, 0.6) is 0 Å². The Kier molecular flexibility index (Phi) is 4.05. The van der Waals surface area contributed by atoms with Crippen LogP contribution in [0.4, 0.5) is 10.1 Å². The highest BCUT2D eigenvalue weighted by atomic mass is 35.5. The van der Waals surface area contributed by atoms with Crippen LogP contribution >= 0.6 is 11.6 Å². The van der Waals surface area contributed by atoms with Gasteiger partial charge in [0.05, 0.1) is 17.1 Å². The van der Waals surface area contributed by atoms with Gasteiger partial charge in [-0.2, -0.15) is 0 Å². The van der Waals surface area contributed by atoms with E-state index in [0.29, 0.717) is 45.7 Å². The van der Waals surface area contributed by atoms with Crippen LogP contribution in [0.2, 0.25) is 5.02 Å². The molecule has 1 aliphatic heterocycles. The SMILES string of the molecule is CN1CN=C(N)c2nc(-c3cccnc3-c3cc(Cl)ccc3F)ccc21. The third-order valence-corrected chi connectivity index (χ3v) is 4.48. The van der Waals surface area contributed by atoms with Gasteiger partial charge in [-0.1, -0.05) is 11.6 Å². The van der Waals surface area contributed by atoms with Crippen molar-refractivity contribution in [2.24, 2.45) is 10.7 Å². The van der Waals surface area contributed by atoms with Crippen molar-refractivity contribution < 1.29 is 4.39 Å². The highest BCUT2D eigenvalue weighted by Crippen LogP contribution is 2.34. The quantitative estimate of drug-likeness (QED) is 0.749. The second-order valence-electron chi connectivity index (χ2n) is 5.97. The lowest BCUT2D eigenvalue weighted by molar-refractivity contribution is 0.631. The number of benzene rings is 1. The summed E-state index contributed by atoms with van der Waals surface area (Å²) >= 11 is 6.05. The van der Waals surface area contributed by atoms with Crippen molar-refractivity contribution in [1.29, 1.82) is 0 Å². The molecule has 5 nitrogen and oxygen atoms in total. The molecule has 0 saturated carbocycles. The van der Waals surface area contributed by atoms with E-state index in [0.717, 1.165) is 5.69 Å². The zero-order valence-electron chi connectivity index (χ0n) is 13.9. The Morgan fingerprint density at radius 1 is 1.12 bits per heavy atom. The molecule has 7 heteroatoms. The molecule has 1 aliphatic rings. The van der Waals surface area contributed by atoms with E-state index in [1.54, 1.807) is 18.3 Å². The van der Waals surface area contributed by atoms with Crippen LogP contribution < -0.4 is 10.6 Å². The van der Waals surface area contributed by atoms with Gasteiger partial charge in [-0.25, -0.2) is 14.4 Å². The van der Waals surface area contributed by atoms with E-state index in [4.69, 9.17) is 17.3 Å².